The van der Waals surface area contributed by atoms with Crippen LogP contribution < -0.4 is 0 Å². The highest BCUT2D eigenvalue weighted by molar-refractivity contribution is 9.11. The number of hydrogen-bond donors (Lipinski definition) is 0. The lowest BCUT2D eigenvalue weighted by atomic mass is 10.2. The van der Waals surface area contributed by atoms with Crippen molar-refractivity contribution in [1.82, 2.24) is 9.55 Å². The predicted molar refractivity (Wildman–Crippen MR) is 85.8 cm³/mol. The summed E-state index contributed by atoms with van der Waals surface area (Å²) in [7, 11) is 0. The molecule has 0 atom stereocenters. The van der Waals surface area contributed by atoms with Gasteiger partial charge in [0.2, 0.25) is 0 Å². The Hall–Kier alpha value is -1.64. The minimum atomic E-state index is 0.307. The van der Waals surface area contributed by atoms with Crippen LogP contribution in [0.5, 0.6) is 0 Å². The van der Waals surface area contributed by atoms with E-state index >= 15 is 0 Å². The summed E-state index contributed by atoms with van der Waals surface area (Å²) >= 11 is 5.14. The summed E-state index contributed by atoms with van der Waals surface area (Å²) in [5.41, 5.74) is 3.68. The molecule has 0 aliphatic rings. The number of benzene rings is 1. The number of aromatic nitrogens is 2. The molecule has 3 aromatic rings. The molecule has 3 rings (SSSR count). The van der Waals surface area contributed by atoms with Crippen LogP contribution in [-0.4, -0.2) is 9.55 Å². The monoisotopic (exact) mass is 345 g/mol. The zero-order valence-electron chi connectivity index (χ0n) is 11.1. The second kappa shape index (κ2) is 5.04. The summed E-state index contributed by atoms with van der Waals surface area (Å²) in [4.78, 5) is 4.72. The van der Waals surface area contributed by atoms with E-state index in [-0.39, 0.29) is 0 Å². The molecule has 2 heterocycles. The third-order valence-corrected chi connectivity index (χ3v) is 4.67. The Kier molecular flexibility index (Phi) is 3.36. The minimum absolute atomic E-state index is 0.307. The maximum atomic E-state index is 9.01. The van der Waals surface area contributed by atoms with Gasteiger partial charge in [-0.3, -0.25) is 0 Å². The summed E-state index contributed by atoms with van der Waals surface area (Å²) in [6, 6.07) is 10.2. The average Bonchev–Trinajstić information content (AvgIpc) is 3.00. The molecule has 0 aliphatic carbocycles. The minimum Gasteiger partial charge on any atom is -0.321 e. The number of thiophene rings is 1. The fourth-order valence-corrected chi connectivity index (χ4v) is 3.46. The maximum absolute atomic E-state index is 9.01. The number of hydrogen-bond acceptors (Lipinski definition) is 3. The van der Waals surface area contributed by atoms with E-state index in [4.69, 9.17) is 10.2 Å². The molecule has 2 aromatic heterocycles. The summed E-state index contributed by atoms with van der Waals surface area (Å²) in [6.45, 7) is 4.29. The Morgan fingerprint density at radius 3 is 2.75 bits per heavy atom. The lowest BCUT2D eigenvalue weighted by Crippen LogP contribution is -2.02. The topological polar surface area (TPSA) is 41.6 Å². The van der Waals surface area contributed by atoms with Crippen molar-refractivity contribution in [2.75, 3.05) is 0 Å². The van der Waals surface area contributed by atoms with E-state index in [1.54, 1.807) is 11.3 Å². The van der Waals surface area contributed by atoms with E-state index in [2.05, 4.69) is 51.9 Å². The van der Waals surface area contributed by atoms with Crippen LogP contribution in [0.3, 0.4) is 0 Å². The molecular formula is C15H12BrN3S. The van der Waals surface area contributed by atoms with Crippen molar-refractivity contribution < 1.29 is 0 Å². The van der Waals surface area contributed by atoms with Crippen molar-refractivity contribution >= 4 is 38.3 Å². The van der Waals surface area contributed by atoms with Crippen LogP contribution in [0.2, 0.25) is 0 Å². The van der Waals surface area contributed by atoms with Crippen LogP contribution in [0, 0.1) is 11.3 Å². The van der Waals surface area contributed by atoms with Gasteiger partial charge in [0.15, 0.2) is 0 Å². The van der Waals surface area contributed by atoms with Gasteiger partial charge in [-0.2, -0.15) is 5.26 Å². The highest BCUT2D eigenvalue weighted by atomic mass is 79.9. The molecule has 0 saturated carbocycles. The first-order valence-electron chi connectivity index (χ1n) is 6.26. The van der Waals surface area contributed by atoms with Gasteiger partial charge in [-0.15, -0.1) is 11.3 Å². The first-order chi connectivity index (χ1) is 9.60. The predicted octanol–water partition coefficient (Wildman–Crippen LogP) is 4.98. The summed E-state index contributed by atoms with van der Waals surface area (Å²) < 4.78 is 3.30. The molecule has 0 unspecified atom stereocenters. The van der Waals surface area contributed by atoms with Crippen molar-refractivity contribution in [3.63, 3.8) is 0 Å². The Morgan fingerprint density at radius 2 is 2.15 bits per heavy atom. The van der Waals surface area contributed by atoms with E-state index in [0.717, 1.165) is 26.2 Å². The molecular weight excluding hydrogens is 334 g/mol. The van der Waals surface area contributed by atoms with Gasteiger partial charge in [0.05, 0.1) is 26.5 Å². The number of halogens is 1. The van der Waals surface area contributed by atoms with E-state index in [9.17, 15) is 0 Å². The molecule has 0 saturated heterocycles. The quantitative estimate of drug-likeness (QED) is 0.657. The SMILES string of the molecule is CC(C)n1c(-c2csc(Br)c2)nc2cc(C#N)ccc21. The van der Waals surface area contributed by atoms with Gasteiger partial charge in [-0.25, -0.2) is 4.98 Å². The van der Waals surface area contributed by atoms with Gasteiger partial charge in [0.25, 0.3) is 0 Å². The molecule has 0 N–H and O–H groups in total. The third-order valence-electron chi connectivity index (χ3n) is 3.16. The Labute approximate surface area is 129 Å². The Balaban J connectivity index is 2.31. The normalized spacial score (nSPS) is 11.2. The first kappa shape index (κ1) is 13.3. The molecule has 0 amide bonds. The molecule has 1 aromatic carbocycles. The van der Waals surface area contributed by atoms with Crippen molar-refractivity contribution in [3.05, 3.63) is 39.0 Å². The van der Waals surface area contributed by atoms with Gasteiger partial charge in [0, 0.05) is 17.0 Å². The van der Waals surface area contributed by atoms with Gasteiger partial charge >= 0.3 is 0 Å². The van der Waals surface area contributed by atoms with Crippen LogP contribution in [-0.2, 0) is 0 Å². The van der Waals surface area contributed by atoms with Crippen LogP contribution in [0.4, 0.5) is 0 Å². The van der Waals surface area contributed by atoms with E-state index in [1.165, 1.54) is 0 Å². The largest absolute Gasteiger partial charge is 0.321 e. The molecule has 0 radical (unpaired) electrons. The number of rotatable bonds is 2. The average molecular weight is 346 g/mol. The summed E-state index contributed by atoms with van der Waals surface area (Å²) in [5.74, 6) is 0.951. The van der Waals surface area contributed by atoms with Crippen molar-refractivity contribution in [1.29, 1.82) is 5.26 Å². The lowest BCUT2D eigenvalue weighted by Gasteiger charge is -2.12. The highest BCUT2D eigenvalue weighted by Gasteiger charge is 2.16. The molecule has 5 heteroatoms. The molecule has 0 fully saturated rings. The molecule has 0 spiro atoms. The zero-order valence-corrected chi connectivity index (χ0v) is 13.5. The number of nitriles is 1. The maximum Gasteiger partial charge on any atom is 0.142 e. The number of fused-ring (bicyclic) bond motifs is 1. The van der Waals surface area contributed by atoms with Crippen LogP contribution in [0.25, 0.3) is 22.4 Å². The van der Waals surface area contributed by atoms with E-state index in [0.29, 0.717) is 11.6 Å². The lowest BCUT2D eigenvalue weighted by molar-refractivity contribution is 0.624. The first-order valence-corrected chi connectivity index (χ1v) is 7.94. The van der Waals surface area contributed by atoms with Crippen molar-refractivity contribution in [2.24, 2.45) is 0 Å². The van der Waals surface area contributed by atoms with Gasteiger partial charge < -0.3 is 4.57 Å². The third kappa shape index (κ3) is 2.15. The Morgan fingerprint density at radius 1 is 1.35 bits per heavy atom. The van der Waals surface area contributed by atoms with Crippen LogP contribution >= 0.6 is 27.3 Å². The van der Waals surface area contributed by atoms with Crippen molar-refractivity contribution in [3.8, 4) is 17.5 Å². The van der Waals surface area contributed by atoms with Gasteiger partial charge in [0.1, 0.15) is 5.82 Å². The second-order valence-electron chi connectivity index (χ2n) is 4.85. The van der Waals surface area contributed by atoms with E-state index in [1.807, 2.05) is 18.2 Å². The molecule has 20 heavy (non-hydrogen) atoms. The van der Waals surface area contributed by atoms with Gasteiger partial charge in [-0.05, 0) is 54.0 Å². The number of imidazole rings is 1. The molecule has 0 aliphatic heterocycles. The highest BCUT2D eigenvalue weighted by Crippen LogP contribution is 2.33. The standard InChI is InChI=1S/C15H12BrN3S/c1-9(2)19-13-4-3-10(7-17)5-12(13)18-15(19)11-6-14(16)20-8-11/h3-6,8-9H,1-2H3. The fourth-order valence-electron chi connectivity index (χ4n) is 2.32. The fraction of sp³-hybridized carbons (Fsp3) is 0.200. The number of nitrogens with zero attached hydrogens (tertiary/aromatic N) is 3. The molecule has 0 bridgehead atoms. The molecule has 100 valence electrons. The molecule has 3 nitrogen and oxygen atoms in total. The van der Waals surface area contributed by atoms with Crippen LogP contribution in [0.1, 0.15) is 25.5 Å². The summed E-state index contributed by atoms with van der Waals surface area (Å²) in [5, 5.41) is 11.1. The van der Waals surface area contributed by atoms with Crippen LogP contribution in [0.15, 0.2) is 33.4 Å². The second-order valence-corrected chi connectivity index (χ2v) is 7.14. The van der Waals surface area contributed by atoms with Gasteiger partial charge in [-0.1, -0.05) is 0 Å². The zero-order chi connectivity index (χ0) is 14.3. The van der Waals surface area contributed by atoms with Crippen molar-refractivity contribution in [2.45, 2.75) is 19.9 Å². The Bertz CT molecular complexity index is 823. The summed E-state index contributed by atoms with van der Waals surface area (Å²) in [6.07, 6.45) is 0. The van der Waals surface area contributed by atoms with E-state index < -0.39 is 0 Å². The smallest absolute Gasteiger partial charge is 0.142 e.